The van der Waals surface area contributed by atoms with Gasteiger partial charge in [-0.25, -0.2) is 0 Å². The molecule has 2 aliphatic heterocycles. The number of amides is 1. The van der Waals surface area contributed by atoms with E-state index < -0.39 is 0 Å². The van der Waals surface area contributed by atoms with Gasteiger partial charge in [-0.3, -0.25) is 4.79 Å². The Hall–Kier alpha value is -1.57. The van der Waals surface area contributed by atoms with Gasteiger partial charge in [-0.2, -0.15) is 0 Å². The van der Waals surface area contributed by atoms with Gasteiger partial charge in [0.1, 0.15) is 0 Å². The molecule has 2 unspecified atom stereocenters. The second kappa shape index (κ2) is 3.78. The van der Waals surface area contributed by atoms with Crippen LogP contribution in [0.2, 0.25) is 0 Å². The molecule has 0 N–H and O–H groups in total. The first-order valence-corrected chi connectivity index (χ1v) is 5.90. The molecule has 0 aromatic heterocycles. The van der Waals surface area contributed by atoms with E-state index in [9.17, 15) is 4.79 Å². The summed E-state index contributed by atoms with van der Waals surface area (Å²) in [5.74, 6) is 0.192. The van der Waals surface area contributed by atoms with Crippen molar-refractivity contribution in [3.05, 3.63) is 48.0 Å². The molecule has 1 aromatic carbocycles. The number of hydrogen-bond donors (Lipinski definition) is 0. The zero-order valence-electron chi connectivity index (χ0n) is 9.17. The Kier molecular flexibility index (Phi) is 2.28. The van der Waals surface area contributed by atoms with E-state index in [1.54, 1.807) is 0 Å². The van der Waals surface area contributed by atoms with Crippen molar-refractivity contribution in [2.75, 3.05) is 0 Å². The second-order valence-electron chi connectivity index (χ2n) is 4.54. The fraction of sp³-hybridized carbons (Fsp3) is 0.357. The lowest BCUT2D eigenvalue weighted by Gasteiger charge is -2.31. The monoisotopic (exact) mass is 213 g/mol. The number of nitrogens with zero attached hydrogens (tertiary/aromatic N) is 1. The number of carbonyl (C=O) groups excluding carboxylic acids is 1. The highest BCUT2D eigenvalue weighted by Crippen LogP contribution is 2.32. The lowest BCUT2D eigenvalue weighted by molar-refractivity contribution is 0.0689. The Balaban J connectivity index is 1.89. The van der Waals surface area contributed by atoms with Gasteiger partial charge in [0.2, 0.25) is 0 Å². The van der Waals surface area contributed by atoms with Gasteiger partial charge >= 0.3 is 0 Å². The van der Waals surface area contributed by atoms with Crippen LogP contribution in [0.5, 0.6) is 0 Å². The number of benzene rings is 1. The van der Waals surface area contributed by atoms with E-state index in [-0.39, 0.29) is 5.91 Å². The van der Waals surface area contributed by atoms with Crippen molar-refractivity contribution in [3.63, 3.8) is 0 Å². The molecule has 2 nitrogen and oxygen atoms in total. The summed E-state index contributed by atoms with van der Waals surface area (Å²) in [5.41, 5.74) is 0.815. The molecule has 1 aromatic rings. The lowest BCUT2D eigenvalue weighted by Crippen LogP contribution is -2.42. The maximum absolute atomic E-state index is 12.4. The summed E-state index contributed by atoms with van der Waals surface area (Å²) >= 11 is 0. The van der Waals surface area contributed by atoms with Gasteiger partial charge < -0.3 is 4.90 Å². The minimum absolute atomic E-state index is 0.192. The van der Waals surface area contributed by atoms with Gasteiger partial charge in [0, 0.05) is 11.6 Å². The predicted octanol–water partition coefficient (Wildman–Crippen LogP) is 2.62. The van der Waals surface area contributed by atoms with E-state index in [4.69, 9.17) is 0 Å². The molecule has 16 heavy (non-hydrogen) atoms. The SMILES string of the molecule is O=C(c1ccccc1)N1C2C=CCC1CC2. The van der Waals surface area contributed by atoms with E-state index in [0.29, 0.717) is 12.1 Å². The third-order valence-corrected chi connectivity index (χ3v) is 3.57. The van der Waals surface area contributed by atoms with Gasteiger partial charge in [0.25, 0.3) is 5.91 Å². The summed E-state index contributed by atoms with van der Waals surface area (Å²) in [6, 6.07) is 10.4. The van der Waals surface area contributed by atoms with Crippen LogP contribution in [0.15, 0.2) is 42.5 Å². The molecule has 0 spiro atoms. The van der Waals surface area contributed by atoms with Gasteiger partial charge in [0.15, 0.2) is 0 Å². The normalized spacial score (nSPS) is 27.1. The summed E-state index contributed by atoms with van der Waals surface area (Å²) in [5, 5.41) is 0. The van der Waals surface area contributed by atoms with Gasteiger partial charge in [-0.15, -0.1) is 0 Å². The molecule has 2 heterocycles. The molecule has 1 saturated heterocycles. The number of fused-ring (bicyclic) bond motifs is 2. The molecule has 3 rings (SSSR count). The summed E-state index contributed by atoms with van der Waals surface area (Å²) in [4.78, 5) is 14.4. The van der Waals surface area contributed by atoms with Crippen molar-refractivity contribution < 1.29 is 4.79 Å². The van der Waals surface area contributed by atoms with Crippen LogP contribution in [-0.2, 0) is 0 Å². The molecule has 2 heteroatoms. The molecule has 2 bridgehead atoms. The van der Waals surface area contributed by atoms with Crippen molar-refractivity contribution in [1.82, 2.24) is 4.90 Å². The van der Waals surface area contributed by atoms with Gasteiger partial charge in [-0.05, 0) is 31.4 Å². The van der Waals surface area contributed by atoms with E-state index in [1.807, 2.05) is 30.3 Å². The standard InChI is InChI=1S/C14H15NO/c16-14(11-5-2-1-3-6-11)15-12-7-4-8-13(15)10-9-12/h1-7,12-13H,8-10H2. The molecular formula is C14H15NO. The number of rotatable bonds is 1. The lowest BCUT2D eigenvalue weighted by atomic mass is 10.1. The average molecular weight is 213 g/mol. The van der Waals surface area contributed by atoms with Crippen molar-refractivity contribution in [1.29, 1.82) is 0 Å². The Morgan fingerprint density at radius 2 is 2.00 bits per heavy atom. The van der Waals surface area contributed by atoms with Crippen molar-refractivity contribution in [2.45, 2.75) is 31.3 Å². The van der Waals surface area contributed by atoms with E-state index in [0.717, 1.165) is 24.8 Å². The Morgan fingerprint density at radius 1 is 1.19 bits per heavy atom. The van der Waals surface area contributed by atoms with Gasteiger partial charge in [-0.1, -0.05) is 30.4 Å². The minimum Gasteiger partial charge on any atom is -0.329 e. The van der Waals surface area contributed by atoms with E-state index in [1.165, 1.54) is 0 Å². The van der Waals surface area contributed by atoms with Crippen molar-refractivity contribution in [2.24, 2.45) is 0 Å². The fourth-order valence-corrected chi connectivity index (χ4v) is 2.77. The zero-order valence-corrected chi connectivity index (χ0v) is 9.17. The summed E-state index contributed by atoms with van der Waals surface area (Å²) in [6.07, 6.45) is 7.70. The Labute approximate surface area is 95.6 Å². The first-order valence-electron chi connectivity index (χ1n) is 5.90. The van der Waals surface area contributed by atoms with Crippen LogP contribution in [0.3, 0.4) is 0 Å². The second-order valence-corrected chi connectivity index (χ2v) is 4.54. The van der Waals surface area contributed by atoms with E-state index in [2.05, 4.69) is 17.1 Å². The molecule has 1 amide bonds. The van der Waals surface area contributed by atoms with Crippen LogP contribution >= 0.6 is 0 Å². The molecule has 0 saturated carbocycles. The number of hydrogen-bond acceptors (Lipinski definition) is 1. The first-order chi connectivity index (χ1) is 7.86. The predicted molar refractivity (Wildman–Crippen MR) is 63.2 cm³/mol. The van der Waals surface area contributed by atoms with E-state index >= 15 is 0 Å². The maximum atomic E-state index is 12.4. The topological polar surface area (TPSA) is 20.3 Å². The largest absolute Gasteiger partial charge is 0.329 e. The van der Waals surface area contributed by atoms with Gasteiger partial charge in [0.05, 0.1) is 6.04 Å². The molecule has 1 fully saturated rings. The molecule has 0 radical (unpaired) electrons. The highest BCUT2D eigenvalue weighted by molar-refractivity contribution is 5.95. The Morgan fingerprint density at radius 3 is 2.75 bits per heavy atom. The Bertz CT molecular complexity index is 424. The van der Waals surface area contributed by atoms with Crippen LogP contribution in [0.4, 0.5) is 0 Å². The summed E-state index contributed by atoms with van der Waals surface area (Å²) in [7, 11) is 0. The fourth-order valence-electron chi connectivity index (χ4n) is 2.77. The maximum Gasteiger partial charge on any atom is 0.254 e. The van der Waals surface area contributed by atoms with Crippen LogP contribution in [0, 0.1) is 0 Å². The highest BCUT2D eigenvalue weighted by atomic mass is 16.2. The third kappa shape index (κ3) is 1.45. The molecular weight excluding hydrogens is 198 g/mol. The van der Waals surface area contributed by atoms with Crippen LogP contribution < -0.4 is 0 Å². The van der Waals surface area contributed by atoms with Crippen molar-refractivity contribution in [3.8, 4) is 0 Å². The highest BCUT2D eigenvalue weighted by Gasteiger charge is 2.37. The molecule has 82 valence electrons. The van der Waals surface area contributed by atoms with Crippen LogP contribution in [-0.4, -0.2) is 22.9 Å². The first kappa shape index (κ1) is 9.64. The number of carbonyl (C=O) groups is 1. The van der Waals surface area contributed by atoms with Crippen molar-refractivity contribution >= 4 is 5.91 Å². The average Bonchev–Trinajstić information content (AvgIpc) is 2.59. The molecule has 0 aliphatic carbocycles. The minimum atomic E-state index is 0.192. The van der Waals surface area contributed by atoms with Crippen LogP contribution in [0.1, 0.15) is 29.6 Å². The summed E-state index contributed by atoms with van der Waals surface area (Å²) < 4.78 is 0. The summed E-state index contributed by atoms with van der Waals surface area (Å²) in [6.45, 7) is 0. The molecule has 2 aliphatic rings. The quantitative estimate of drug-likeness (QED) is 0.657. The zero-order chi connectivity index (χ0) is 11.0. The molecule has 2 atom stereocenters. The smallest absolute Gasteiger partial charge is 0.254 e. The third-order valence-electron chi connectivity index (χ3n) is 3.57. The van der Waals surface area contributed by atoms with Crippen LogP contribution in [0.25, 0.3) is 0 Å².